The molecule has 3 aliphatic rings. The summed E-state index contributed by atoms with van der Waals surface area (Å²) < 4.78 is 5.40. The first kappa shape index (κ1) is 18.3. The van der Waals surface area contributed by atoms with Crippen molar-refractivity contribution >= 4 is 12.0 Å². The summed E-state index contributed by atoms with van der Waals surface area (Å²) in [6.45, 7) is 12.6. The molecular weight excluding hydrogens is 316 g/mol. The van der Waals surface area contributed by atoms with Crippen LogP contribution < -0.4 is 10.6 Å². The predicted octanol–water partition coefficient (Wildman–Crippen LogP) is 3.40. The number of fused-ring (bicyclic) bond motifs is 2. The maximum Gasteiger partial charge on any atom is 0.407 e. The van der Waals surface area contributed by atoms with Gasteiger partial charge in [-0.2, -0.15) is 0 Å². The van der Waals surface area contributed by atoms with Crippen LogP contribution in [0.3, 0.4) is 0 Å². The molecule has 5 heteroatoms. The summed E-state index contributed by atoms with van der Waals surface area (Å²) in [7, 11) is 0. The molecule has 3 fully saturated rings. The Morgan fingerprint density at radius 2 is 2.00 bits per heavy atom. The Hall–Kier alpha value is -1.52. The maximum absolute atomic E-state index is 12.9. The van der Waals surface area contributed by atoms with Crippen LogP contribution in [-0.4, -0.2) is 30.2 Å². The molecule has 0 unspecified atom stereocenters. The lowest BCUT2D eigenvalue weighted by Gasteiger charge is -2.39. The lowest BCUT2D eigenvalue weighted by atomic mass is 9.70. The van der Waals surface area contributed by atoms with Crippen LogP contribution >= 0.6 is 0 Å². The molecule has 3 aliphatic carbocycles. The van der Waals surface area contributed by atoms with Gasteiger partial charge in [0.1, 0.15) is 5.60 Å². The van der Waals surface area contributed by atoms with E-state index in [1.54, 1.807) is 0 Å². The van der Waals surface area contributed by atoms with Crippen molar-refractivity contribution in [1.29, 1.82) is 0 Å². The Morgan fingerprint density at radius 1 is 1.32 bits per heavy atom. The lowest BCUT2D eigenvalue weighted by Crippen LogP contribution is -2.52. The number of hydrogen-bond donors (Lipinski definition) is 2. The van der Waals surface area contributed by atoms with Crippen LogP contribution in [0.15, 0.2) is 12.2 Å². The molecule has 0 aromatic heterocycles. The third-order valence-electron chi connectivity index (χ3n) is 6.17. The molecule has 5 nitrogen and oxygen atoms in total. The number of carbonyl (C=O) groups excluding carboxylic acids is 2. The Bertz CT molecular complexity index is 574. The third-order valence-corrected chi connectivity index (χ3v) is 6.17. The zero-order valence-corrected chi connectivity index (χ0v) is 16.0. The van der Waals surface area contributed by atoms with Crippen molar-refractivity contribution in [3.8, 4) is 0 Å². The van der Waals surface area contributed by atoms with Crippen molar-refractivity contribution in [2.75, 3.05) is 6.54 Å². The van der Waals surface area contributed by atoms with Crippen molar-refractivity contribution in [3.05, 3.63) is 12.2 Å². The molecule has 4 atom stereocenters. The second kappa shape index (κ2) is 6.33. The summed E-state index contributed by atoms with van der Waals surface area (Å²) in [4.78, 5) is 25.1. The first-order valence-electron chi connectivity index (χ1n) is 9.53. The van der Waals surface area contributed by atoms with Gasteiger partial charge in [-0.15, -0.1) is 0 Å². The second-order valence-corrected chi connectivity index (χ2v) is 9.54. The van der Waals surface area contributed by atoms with E-state index in [1.165, 1.54) is 19.3 Å². The van der Waals surface area contributed by atoms with Crippen molar-refractivity contribution < 1.29 is 14.3 Å². The van der Waals surface area contributed by atoms with Crippen LogP contribution in [0, 0.1) is 23.2 Å². The standard InChI is InChI=1S/C20H32N2O3/c1-12-9-13-10-14(12)16(22-18(24)25-19(2,3)4)15(13)17(23)21-11-20(5)7-6-8-20/h13-16H,1,6-11H2,2-5H3,(H,21,23)(H,22,24)/t13-,14-,15+,16-/m1/s1. The van der Waals surface area contributed by atoms with E-state index >= 15 is 0 Å². The van der Waals surface area contributed by atoms with E-state index in [0.717, 1.165) is 25.0 Å². The van der Waals surface area contributed by atoms with E-state index in [-0.39, 0.29) is 35.1 Å². The van der Waals surface area contributed by atoms with E-state index in [2.05, 4.69) is 24.1 Å². The SMILES string of the molecule is C=C1C[C@@H]2C[C@H]1[C@@H](NC(=O)OC(C)(C)C)[C@H]2C(=O)NCC1(C)CCC1. The van der Waals surface area contributed by atoms with Gasteiger partial charge in [-0.1, -0.05) is 25.5 Å². The van der Waals surface area contributed by atoms with Crippen molar-refractivity contribution in [2.45, 2.75) is 71.4 Å². The van der Waals surface area contributed by atoms with E-state index < -0.39 is 11.7 Å². The van der Waals surface area contributed by atoms with Gasteiger partial charge in [0, 0.05) is 12.5 Å². The highest BCUT2D eigenvalue weighted by Crippen LogP contribution is 2.51. The minimum Gasteiger partial charge on any atom is -0.444 e. The Morgan fingerprint density at radius 3 is 2.56 bits per heavy atom. The Kier molecular flexibility index (Phi) is 4.63. The fourth-order valence-electron chi connectivity index (χ4n) is 4.67. The molecule has 2 amide bonds. The topological polar surface area (TPSA) is 67.4 Å². The van der Waals surface area contributed by atoms with Crippen molar-refractivity contribution in [2.24, 2.45) is 23.2 Å². The van der Waals surface area contributed by atoms with Gasteiger partial charge in [-0.25, -0.2) is 4.79 Å². The van der Waals surface area contributed by atoms with Gasteiger partial charge >= 0.3 is 6.09 Å². The number of rotatable bonds is 4. The normalized spacial score (nSPS) is 32.9. The molecule has 0 aliphatic heterocycles. The highest BCUT2D eigenvalue weighted by atomic mass is 16.6. The molecule has 3 rings (SSSR count). The monoisotopic (exact) mass is 348 g/mol. The number of alkyl carbamates (subject to hydrolysis) is 1. The highest BCUT2D eigenvalue weighted by molar-refractivity contribution is 5.82. The van der Waals surface area contributed by atoms with Crippen LogP contribution in [0.4, 0.5) is 4.79 Å². The molecule has 2 bridgehead atoms. The molecule has 0 aromatic rings. The second-order valence-electron chi connectivity index (χ2n) is 9.54. The number of hydrogen-bond acceptors (Lipinski definition) is 3. The fourth-order valence-corrected chi connectivity index (χ4v) is 4.67. The Balaban J connectivity index is 1.64. The minimum atomic E-state index is -0.546. The number of carbonyl (C=O) groups is 2. The molecule has 0 aromatic carbocycles. The molecule has 2 N–H and O–H groups in total. The maximum atomic E-state index is 12.9. The van der Waals surface area contributed by atoms with E-state index in [4.69, 9.17) is 4.74 Å². The van der Waals surface area contributed by atoms with Crippen molar-refractivity contribution in [1.82, 2.24) is 10.6 Å². The van der Waals surface area contributed by atoms with E-state index in [1.807, 2.05) is 20.8 Å². The van der Waals surface area contributed by atoms with Crippen LogP contribution in [0.5, 0.6) is 0 Å². The molecule has 140 valence electrons. The minimum absolute atomic E-state index is 0.0779. The molecule has 0 heterocycles. The zero-order valence-electron chi connectivity index (χ0n) is 16.0. The molecule has 25 heavy (non-hydrogen) atoms. The van der Waals surface area contributed by atoms with Gasteiger partial charge in [0.25, 0.3) is 0 Å². The van der Waals surface area contributed by atoms with Crippen molar-refractivity contribution in [3.63, 3.8) is 0 Å². The molecule has 0 spiro atoms. The zero-order chi connectivity index (χ0) is 18.4. The number of ether oxygens (including phenoxy) is 1. The van der Waals surface area contributed by atoms with Gasteiger partial charge in [-0.3, -0.25) is 4.79 Å². The van der Waals surface area contributed by atoms with Crippen LogP contribution in [0.2, 0.25) is 0 Å². The summed E-state index contributed by atoms with van der Waals surface area (Å²) >= 11 is 0. The van der Waals surface area contributed by atoms with E-state index in [9.17, 15) is 9.59 Å². The average molecular weight is 348 g/mol. The highest BCUT2D eigenvalue weighted by Gasteiger charge is 2.53. The van der Waals surface area contributed by atoms with Crippen LogP contribution in [0.1, 0.15) is 59.8 Å². The third kappa shape index (κ3) is 3.85. The summed E-state index contributed by atoms with van der Waals surface area (Å²) in [6.07, 6.45) is 5.01. The molecular formula is C20H32N2O3. The average Bonchev–Trinajstić information content (AvgIpc) is 2.97. The van der Waals surface area contributed by atoms with Gasteiger partial charge in [-0.05, 0) is 57.8 Å². The first-order chi connectivity index (χ1) is 11.6. The lowest BCUT2D eigenvalue weighted by molar-refractivity contribution is -0.127. The van der Waals surface area contributed by atoms with Gasteiger partial charge in [0.2, 0.25) is 5.91 Å². The van der Waals surface area contributed by atoms with E-state index in [0.29, 0.717) is 0 Å². The molecule has 3 saturated carbocycles. The summed E-state index contributed by atoms with van der Waals surface area (Å²) in [5.74, 6) is 0.375. The van der Waals surface area contributed by atoms with Crippen LogP contribution in [-0.2, 0) is 9.53 Å². The van der Waals surface area contributed by atoms with Gasteiger partial charge in [0.15, 0.2) is 0 Å². The summed E-state index contributed by atoms with van der Waals surface area (Å²) in [6, 6.07) is -0.199. The quantitative estimate of drug-likeness (QED) is 0.765. The largest absolute Gasteiger partial charge is 0.444 e. The number of nitrogens with one attached hydrogen (secondary N) is 2. The van der Waals surface area contributed by atoms with Gasteiger partial charge in [0.05, 0.1) is 12.0 Å². The van der Waals surface area contributed by atoms with Crippen LogP contribution in [0.25, 0.3) is 0 Å². The smallest absolute Gasteiger partial charge is 0.407 e. The van der Waals surface area contributed by atoms with Gasteiger partial charge < -0.3 is 15.4 Å². The summed E-state index contributed by atoms with van der Waals surface area (Å²) in [5.41, 5.74) is 0.862. The molecule has 0 radical (unpaired) electrons. The number of amides is 2. The predicted molar refractivity (Wildman–Crippen MR) is 97.0 cm³/mol. The summed E-state index contributed by atoms with van der Waals surface area (Å²) in [5, 5.41) is 6.13. The molecule has 0 saturated heterocycles. The fraction of sp³-hybridized carbons (Fsp3) is 0.800. The first-order valence-corrected chi connectivity index (χ1v) is 9.53. The Labute approximate surface area is 151 Å².